The molecule has 4 heteroatoms. The molecule has 0 aliphatic rings. The maximum atomic E-state index is 4.94. The molecule has 0 aromatic rings. The number of hydrogen-bond donors (Lipinski definition) is 0. The Morgan fingerprint density at radius 3 is 1.88 bits per heavy atom. The molecular formula is C4H15AlLiO2. The van der Waals surface area contributed by atoms with Gasteiger partial charge in [0.25, 0.3) is 0 Å². The zero-order valence-corrected chi connectivity index (χ0v) is 5.96. The molecule has 0 bridgehead atoms. The molecule has 1 radical (unpaired) electrons. The summed E-state index contributed by atoms with van der Waals surface area (Å²) >= 11 is -0.178. The molecule has 0 unspecified atom stereocenters. The number of hydrogen-bond acceptors (Lipinski definition) is 2. The van der Waals surface area contributed by atoms with Crippen LogP contribution in [0.2, 0.25) is 0 Å². The first kappa shape index (κ1) is 11.8. The van der Waals surface area contributed by atoms with Crippen molar-refractivity contribution in [1.82, 2.24) is 0 Å². The van der Waals surface area contributed by atoms with Gasteiger partial charge in [-0.25, -0.2) is 0 Å². The molecule has 0 aliphatic heterocycles. The molecule has 0 saturated heterocycles. The molecule has 0 aromatic heterocycles. The molecular weight excluding hydrogens is 114 g/mol. The van der Waals surface area contributed by atoms with Gasteiger partial charge >= 0.3 is 34.7 Å². The zero-order chi connectivity index (χ0) is 5.54. The SMILES string of the molecule is CC[O][Al][O]CC.[HH].[HH].[LiH]. The van der Waals surface area contributed by atoms with Gasteiger partial charge in [-0.05, 0) is 13.8 Å². The van der Waals surface area contributed by atoms with Gasteiger partial charge < -0.3 is 7.58 Å². The molecule has 0 aliphatic carbocycles. The molecule has 0 fully saturated rings. The summed E-state index contributed by atoms with van der Waals surface area (Å²) in [6, 6.07) is 0. The van der Waals surface area contributed by atoms with Crippen molar-refractivity contribution >= 4 is 34.7 Å². The summed E-state index contributed by atoms with van der Waals surface area (Å²) in [4.78, 5) is 0. The molecule has 2 nitrogen and oxygen atoms in total. The second-order valence-corrected chi connectivity index (χ2v) is 1.87. The van der Waals surface area contributed by atoms with Crippen LogP contribution >= 0.6 is 0 Å². The summed E-state index contributed by atoms with van der Waals surface area (Å²) in [7, 11) is 0. The van der Waals surface area contributed by atoms with Crippen LogP contribution in [0.3, 0.4) is 0 Å². The third-order valence-electron chi connectivity index (χ3n) is 0.469. The van der Waals surface area contributed by atoms with Crippen LogP contribution in [0.5, 0.6) is 0 Å². The van der Waals surface area contributed by atoms with Crippen molar-refractivity contribution in [2.75, 3.05) is 13.2 Å². The van der Waals surface area contributed by atoms with Gasteiger partial charge in [0.05, 0.1) is 0 Å². The fraction of sp³-hybridized carbons (Fsp3) is 1.00. The van der Waals surface area contributed by atoms with Gasteiger partial charge in [-0.1, -0.05) is 0 Å². The molecule has 0 aromatic carbocycles. The first-order valence-electron chi connectivity index (χ1n) is 2.46. The Morgan fingerprint density at radius 2 is 1.62 bits per heavy atom. The molecule has 0 N–H and O–H groups in total. The quantitative estimate of drug-likeness (QED) is 0.405. The van der Waals surface area contributed by atoms with Crippen molar-refractivity contribution in [3.05, 3.63) is 0 Å². The van der Waals surface area contributed by atoms with Crippen molar-refractivity contribution in [2.45, 2.75) is 13.8 Å². The first-order chi connectivity index (χ1) is 3.41. The van der Waals surface area contributed by atoms with E-state index in [1.807, 2.05) is 13.8 Å². The minimum atomic E-state index is -0.178. The Labute approximate surface area is 72.5 Å². The Morgan fingerprint density at radius 1 is 1.25 bits per heavy atom. The van der Waals surface area contributed by atoms with E-state index in [1.54, 1.807) is 0 Å². The van der Waals surface area contributed by atoms with Gasteiger partial charge in [-0.3, -0.25) is 0 Å². The van der Waals surface area contributed by atoms with Gasteiger partial charge in [0.15, 0.2) is 0 Å². The molecule has 0 atom stereocenters. The summed E-state index contributed by atoms with van der Waals surface area (Å²) in [5.74, 6) is 0. The fourth-order valence-corrected chi connectivity index (χ4v) is 0.553. The van der Waals surface area contributed by atoms with Crippen LogP contribution in [0.15, 0.2) is 0 Å². The summed E-state index contributed by atoms with van der Waals surface area (Å²) in [6.07, 6.45) is 0. The van der Waals surface area contributed by atoms with E-state index >= 15 is 0 Å². The molecule has 0 rings (SSSR count). The molecule has 47 valence electrons. The van der Waals surface area contributed by atoms with Gasteiger partial charge in [-0.15, -0.1) is 0 Å². The Kier molecular flexibility index (Phi) is 16.1. The zero-order valence-electron chi connectivity index (χ0n) is 4.81. The van der Waals surface area contributed by atoms with Gasteiger partial charge in [0.2, 0.25) is 0 Å². The summed E-state index contributed by atoms with van der Waals surface area (Å²) in [5.41, 5.74) is 0. The average molecular weight is 129 g/mol. The van der Waals surface area contributed by atoms with E-state index in [4.69, 9.17) is 7.58 Å². The van der Waals surface area contributed by atoms with E-state index in [9.17, 15) is 0 Å². The number of rotatable bonds is 4. The van der Waals surface area contributed by atoms with E-state index in [-0.39, 0.29) is 37.6 Å². The molecule has 0 spiro atoms. The van der Waals surface area contributed by atoms with Crippen molar-refractivity contribution in [2.24, 2.45) is 0 Å². The van der Waals surface area contributed by atoms with E-state index < -0.39 is 0 Å². The van der Waals surface area contributed by atoms with Gasteiger partial charge in [-0.2, -0.15) is 0 Å². The average Bonchev–Trinajstić information content (AvgIpc) is 1.69. The molecule has 0 saturated carbocycles. The standard InChI is InChI=1S/2C2H5O.Al.Li.2H2.H/c2*1-2-3;;;;;/h2*2H2,1H3;;;2*1H;/q2*-1;+2;;;;. The summed E-state index contributed by atoms with van der Waals surface area (Å²) in [5, 5.41) is 0. The topological polar surface area (TPSA) is 18.5 Å². The predicted octanol–water partition coefficient (Wildman–Crippen LogP) is 0.437. The molecule has 0 heterocycles. The van der Waals surface area contributed by atoms with Crippen LogP contribution in [0.1, 0.15) is 16.7 Å². The van der Waals surface area contributed by atoms with E-state index in [1.165, 1.54) is 0 Å². The third kappa shape index (κ3) is 10.1. The summed E-state index contributed by atoms with van der Waals surface area (Å²) < 4.78 is 9.87. The first-order valence-corrected chi connectivity index (χ1v) is 3.41. The minimum absolute atomic E-state index is 0. The predicted molar refractivity (Wildman–Crippen MR) is 40.4 cm³/mol. The van der Waals surface area contributed by atoms with Crippen LogP contribution in [-0.4, -0.2) is 48.0 Å². The van der Waals surface area contributed by atoms with Crippen molar-refractivity contribution in [3.8, 4) is 0 Å². The van der Waals surface area contributed by atoms with Gasteiger partial charge in [0.1, 0.15) is 0 Å². The van der Waals surface area contributed by atoms with E-state index in [0.29, 0.717) is 0 Å². The third-order valence-corrected chi connectivity index (χ3v) is 1.41. The molecule has 0 amide bonds. The van der Waals surface area contributed by atoms with Crippen LogP contribution in [0, 0.1) is 0 Å². The second kappa shape index (κ2) is 10.9. The maximum absolute atomic E-state index is 4.94. The van der Waals surface area contributed by atoms with E-state index in [2.05, 4.69) is 0 Å². The Balaban J connectivity index is -0.0000000600. The van der Waals surface area contributed by atoms with Gasteiger partial charge in [0, 0.05) is 16.1 Å². The van der Waals surface area contributed by atoms with Crippen LogP contribution < -0.4 is 0 Å². The summed E-state index contributed by atoms with van der Waals surface area (Å²) in [6.45, 7) is 5.47. The van der Waals surface area contributed by atoms with Crippen molar-refractivity contribution < 1.29 is 10.4 Å². The van der Waals surface area contributed by atoms with Crippen LogP contribution in [-0.2, 0) is 7.58 Å². The van der Waals surface area contributed by atoms with Crippen molar-refractivity contribution in [1.29, 1.82) is 0 Å². The normalized spacial score (nSPS) is 7.75. The van der Waals surface area contributed by atoms with Crippen LogP contribution in [0.4, 0.5) is 0 Å². The Hall–Kier alpha value is 1.05. The second-order valence-electron chi connectivity index (χ2n) is 1.01. The van der Waals surface area contributed by atoms with Crippen LogP contribution in [0.25, 0.3) is 0 Å². The van der Waals surface area contributed by atoms with Crippen molar-refractivity contribution in [3.63, 3.8) is 0 Å². The fourth-order valence-electron chi connectivity index (χ4n) is 0.184. The monoisotopic (exact) mass is 129 g/mol. The Bertz CT molecular complexity index is 40.4. The van der Waals surface area contributed by atoms with E-state index in [0.717, 1.165) is 13.2 Å². The molecule has 8 heavy (non-hydrogen) atoms.